The van der Waals surface area contributed by atoms with Crippen molar-refractivity contribution in [2.45, 2.75) is 63.9 Å². The van der Waals surface area contributed by atoms with Gasteiger partial charge in [-0.3, -0.25) is 0 Å². The molecular weight excluding hydrogens is 481 g/mol. The second-order valence-corrected chi connectivity index (χ2v) is 11.1. The first-order valence-corrected chi connectivity index (χ1v) is 12.2. The summed E-state index contributed by atoms with van der Waals surface area (Å²) in [5.41, 5.74) is -0.210. The zero-order valence-electron chi connectivity index (χ0n) is 20.8. The lowest BCUT2D eigenvalue weighted by Gasteiger charge is -2.37. The number of fused-ring (bicyclic) bond motifs is 5. The van der Waals surface area contributed by atoms with Gasteiger partial charge < -0.3 is 5.11 Å². The van der Waals surface area contributed by atoms with Crippen LogP contribution in [0.1, 0.15) is 75.7 Å². The molecule has 7 nitrogen and oxygen atoms in total. The normalized spacial score (nSPS) is 23.7. The first-order valence-electron chi connectivity index (χ1n) is 12.2. The molecule has 1 aromatic carbocycles. The van der Waals surface area contributed by atoms with Crippen molar-refractivity contribution < 1.29 is 18.3 Å². The molecule has 37 heavy (non-hydrogen) atoms. The minimum Gasteiger partial charge on any atom is -0.384 e. The minimum atomic E-state index is -1.15. The van der Waals surface area contributed by atoms with E-state index in [0.29, 0.717) is 23.5 Å². The summed E-state index contributed by atoms with van der Waals surface area (Å²) in [6.45, 7) is 7.33. The number of aliphatic hydroxyl groups is 1. The summed E-state index contributed by atoms with van der Waals surface area (Å²) in [4.78, 5) is 8.84. The smallest absolute Gasteiger partial charge is 0.176 e. The van der Waals surface area contributed by atoms with Crippen LogP contribution in [-0.4, -0.2) is 42.3 Å². The third-order valence-corrected chi connectivity index (χ3v) is 8.34. The Balaban J connectivity index is 1.47. The summed E-state index contributed by atoms with van der Waals surface area (Å²) >= 11 is 0. The van der Waals surface area contributed by atoms with Gasteiger partial charge in [-0.1, -0.05) is 19.9 Å². The largest absolute Gasteiger partial charge is 0.384 e. The van der Waals surface area contributed by atoms with E-state index >= 15 is 4.39 Å². The van der Waals surface area contributed by atoms with Gasteiger partial charge in [0.1, 0.15) is 17.3 Å². The molecule has 0 unspecified atom stereocenters. The van der Waals surface area contributed by atoms with Gasteiger partial charge in [-0.2, -0.15) is 15.3 Å². The number of nitrogens with zero attached hydrogens (tertiary/aromatic N) is 6. The Kier molecular flexibility index (Phi) is 4.99. The Labute approximate surface area is 211 Å². The van der Waals surface area contributed by atoms with Gasteiger partial charge in [0.25, 0.3) is 0 Å². The number of aromatic nitrogens is 4. The van der Waals surface area contributed by atoms with Gasteiger partial charge in [0.05, 0.1) is 45.6 Å². The van der Waals surface area contributed by atoms with E-state index < -0.39 is 33.9 Å². The van der Waals surface area contributed by atoms with Gasteiger partial charge in [-0.25, -0.2) is 23.1 Å². The van der Waals surface area contributed by atoms with Gasteiger partial charge in [0.2, 0.25) is 0 Å². The van der Waals surface area contributed by atoms with E-state index in [4.69, 9.17) is 0 Å². The Morgan fingerprint density at radius 1 is 1.00 bits per heavy atom. The van der Waals surface area contributed by atoms with Crippen LogP contribution in [0.2, 0.25) is 0 Å². The van der Waals surface area contributed by atoms with Crippen molar-refractivity contribution in [3.8, 4) is 11.3 Å². The molecular formula is C27H25F3N6O. The molecule has 0 radical (unpaired) electrons. The van der Waals surface area contributed by atoms with Crippen LogP contribution in [0.15, 0.2) is 40.7 Å². The van der Waals surface area contributed by atoms with Crippen LogP contribution in [0, 0.1) is 22.9 Å². The molecule has 1 fully saturated rings. The Morgan fingerprint density at radius 3 is 2.41 bits per heavy atom. The quantitative estimate of drug-likeness (QED) is 0.545. The molecule has 6 rings (SSSR count). The SMILES string of the molecule is CC(C)(O)C1=NN=C(c2ncc(F)c([C@@]34CC[C@@H](c5cc(-c6c(F)cccc6F)nnc53)C4(C)C)n2)C1. The predicted octanol–water partition coefficient (Wildman–Crippen LogP) is 4.87. The topological polar surface area (TPSA) is 96.5 Å². The van der Waals surface area contributed by atoms with Crippen molar-refractivity contribution in [1.29, 1.82) is 0 Å². The van der Waals surface area contributed by atoms with Crippen molar-refractivity contribution in [3.05, 3.63) is 70.7 Å². The second-order valence-electron chi connectivity index (χ2n) is 11.1. The average molecular weight is 507 g/mol. The lowest BCUT2D eigenvalue weighted by Crippen LogP contribution is -2.39. The first kappa shape index (κ1) is 23.8. The fraction of sp³-hybridized carbons (Fsp3) is 0.407. The lowest BCUT2D eigenvalue weighted by molar-refractivity contribution is 0.152. The fourth-order valence-electron chi connectivity index (χ4n) is 6.33. The van der Waals surface area contributed by atoms with E-state index in [0.717, 1.165) is 18.2 Å². The van der Waals surface area contributed by atoms with Crippen LogP contribution in [0.3, 0.4) is 0 Å². The molecule has 0 saturated heterocycles. The van der Waals surface area contributed by atoms with Crippen LogP contribution < -0.4 is 0 Å². The van der Waals surface area contributed by atoms with E-state index in [-0.39, 0.29) is 35.1 Å². The molecule has 2 aromatic heterocycles. The summed E-state index contributed by atoms with van der Waals surface area (Å²) < 4.78 is 44.5. The zero-order chi connectivity index (χ0) is 26.3. The zero-order valence-corrected chi connectivity index (χ0v) is 20.8. The van der Waals surface area contributed by atoms with Gasteiger partial charge in [0, 0.05) is 6.42 Å². The molecule has 2 atom stereocenters. The maximum atomic E-state index is 15.5. The highest BCUT2D eigenvalue weighted by atomic mass is 19.1. The third-order valence-electron chi connectivity index (χ3n) is 8.34. The van der Waals surface area contributed by atoms with E-state index in [1.54, 1.807) is 19.9 Å². The van der Waals surface area contributed by atoms with E-state index in [1.165, 1.54) is 18.2 Å². The van der Waals surface area contributed by atoms with E-state index in [2.05, 4.69) is 30.4 Å². The van der Waals surface area contributed by atoms with Crippen LogP contribution in [-0.2, 0) is 5.41 Å². The van der Waals surface area contributed by atoms with Gasteiger partial charge in [-0.15, -0.1) is 5.10 Å². The van der Waals surface area contributed by atoms with Gasteiger partial charge >= 0.3 is 0 Å². The van der Waals surface area contributed by atoms with E-state index in [9.17, 15) is 13.9 Å². The van der Waals surface area contributed by atoms with Crippen molar-refractivity contribution in [1.82, 2.24) is 20.2 Å². The molecule has 10 heteroatoms. The van der Waals surface area contributed by atoms with Crippen molar-refractivity contribution in [2.75, 3.05) is 0 Å². The molecule has 3 aromatic rings. The monoisotopic (exact) mass is 506 g/mol. The molecule has 3 heterocycles. The molecule has 3 aliphatic rings. The number of hydrogen-bond donors (Lipinski definition) is 1. The number of halogens is 3. The first-order chi connectivity index (χ1) is 17.4. The maximum Gasteiger partial charge on any atom is 0.176 e. The molecule has 190 valence electrons. The summed E-state index contributed by atoms with van der Waals surface area (Å²) in [5, 5.41) is 27.2. The standard InChI is InChI=1S/C27H25F3N6O/c1-25(2)14-8-9-27(25,22-13(14)10-18(33-36-22)21-15(28)6-5-7-16(21)29)23-17(30)12-31-24(32-23)19-11-20(35-34-19)26(3,4)37/h5-7,10,12,14,37H,8-9,11H2,1-4H3/t14-,27+/m0/s1. The van der Waals surface area contributed by atoms with Crippen LogP contribution in [0.5, 0.6) is 0 Å². The molecule has 1 saturated carbocycles. The van der Waals surface area contributed by atoms with Crippen molar-refractivity contribution in [2.24, 2.45) is 15.6 Å². The Morgan fingerprint density at radius 2 is 1.73 bits per heavy atom. The molecule has 0 spiro atoms. The Hall–Kier alpha value is -3.53. The van der Waals surface area contributed by atoms with Gasteiger partial charge in [-0.05, 0) is 61.8 Å². The van der Waals surface area contributed by atoms with Crippen LogP contribution >= 0.6 is 0 Å². The van der Waals surface area contributed by atoms with Crippen molar-refractivity contribution >= 4 is 11.4 Å². The second kappa shape index (κ2) is 7.74. The highest BCUT2D eigenvalue weighted by Crippen LogP contribution is 2.69. The Bertz CT molecular complexity index is 1510. The van der Waals surface area contributed by atoms with Crippen molar-refractivity contribution in [3.63, 3.8) is 0 Å². The lowest BCUT2D eigenvalue weighted by atomic mass is 9.66. The van der Waals surface area contributed by atoms with Gasteiger partial charge in [0.15, 0.2) is 11.6 Å². The summed E-state index contributed by atoms with van der Waals surface area (Å²) in [7, 11) is 0. The third kappa shape index (κ3) is 3.24. The van der Waals surface area contributed by atoms with Crippen LogP contribution in [0.25, 0.3) is 11.3 Å². The summed E-state index contributed by atoms with van der Waals surface area (Å²) in [6.07, 6.45) is 2.71. The molecule has 1 aliphatic heterocycles. The molecule has 2 bridgehead atoms. The maximum absolute atomic E-state index is 15.5. The summed E-state index contributed by atoms with van der Waals surface area (Å²) in [5.74, 6) is -1.80. The van der Waals surface area contributed by atoms with E-state index in [1.807, 2.05) is 13.8 Å². The minimum absolute atomic E-state index is 0.0293. The highest BCUT2D eigenvalue weighted by molar-refractivity contribution is 6.15. The molecule has 0 amide bonds. The highest BCUT2D eigenvalue weighted by Gasteiger charge is 2.66. The number of hydrogen-bond acceptors (Lipinski definition) is 7. The molecule has 2 aliphatic carbocycles. The molecule has 1 N–H and O–H groups in total. The number of rotatable bonds is 4. The predicted molar refractivity (Wildman–Crippen MR) is 131 cm³/mol. The number of benzene rings is 1. The average Bonchev–Trinajstić information content (AvgIpc) is 3.48. The fourth-order valence-corrected chi connectivity index (χ4v) is 6.33. The van der Waals surface area contributed by atoms with Crippen LogP contribution in [0.4, 0.5) is 13.2 Å². The summed E-state index contributed by atoms with van der Waals surface area (Å²) in [6, 6.07) is 5.35.